The second-order valence-corrected chi connectivity index (χ2v) is 5.64. The summed E-state index contributed by atoms with van der Waals surface area (Å²) in [5.41, 5.74) is 2.77. The number of carbonyl (C=O) groups excluding carboxylic acids is 1. The lowest BCUT2D eigenvalue weighted by atomic mass is 10.2. The van der Waals surface area contributed by atoms with Crippen molar-refractivity contribution in [3.05, 3.63) is 93.3 Å². The molecule has 0 unspecified atom stereocenters. The van der Waals surface area contributed by atoms with E-state index in [-0.39, 0.29) is 5.56 Å². The number of carbonyl (C=O) groups is 1. The van der Waals surface area contributed by atoms with Crippen LogP contribution < -0.4 is 11.0 Å². The fraction of sp³-hybridized carbons (Fsp3) is 0.0556. The molecule has 2 heterocycles. The van der Waals surface area contributed by atoms with Crippen LogP contribution in [0.2, 0.25) is 5.02 Å². The van der Waals surface area contributed by atoms with E-state index < -0.39 is 11.5 Å². The van der Waals surface area contributed by atoms with Gasteiger partial charge < -0.3 is 8.98 Å². The zero-order valence-corrected chi connectivity index (χ0v) is 13.8. The Morgan fingerprint density at radius 2 is 2.12 bits per heavy atom. The number of benzene rings is 1. The highest BCUT2D eigenvalue weighted by atomic mass is 35.5. The van der Waals surface area contributed by atoms with Crippen molar-refractivity contribution < 1.29 is 9.21 Å². The minimum atomic E-state index is -0.590. The van der Waals surface area contributed by atoms with Gasteiger partial charge in [0.15, 0.2) is 0 Å². The molecule has 0 aliphatic rings. The summed E-state index contributed by atoms with van der Waals surface area (Å²) in [6.45, 7) is 0.316. The minimum absolute atomic E-state index is 0.00104. The Kier molecular flexibility index (Phi) is 5.11. The van der Waals surface area contributed by atoms with Gasteiger partial charge in [-0.1, -0.05) is 23.7 Å². The summed E-state index contributed by atoms with van der Waals surface area (Å²) in [6, 6.07) is 13.7. The standard InChI is InChI=1S/C18H14ClN3O3/c19-14-5-1-4-13(10-14)12-22-8-2-7-16(18(22)24)17(23)21-20-11-15-6-3-9-25-15/h1-11H,12H2,(H,21,23)/b20-11-. The van der Waals surface area contributed by atoms with Crippen LogP contribution in [-0.2, 0) is 6.54 Å². The van der Waals surface area contributed by atoms with Crippen molar-refractivity contribution in [2.45, 2.75) is 6.54 Å². The molecule has 0 fully saturated rings. The molecule has 3 rings (SSSR count). The number of hydrogen-bond donors (Lipinski definition) is 1. The van der Waals surface area contributed by atoms with Crippen LogP contribution in [0, 0.1) is 0 Å². The molecule has 6 nitrogen and oxygen atoms in total. The third-order valence-corrected chi connectivity index (χ3v) is 3.64. The number of halogens is 1. The van der Waals surface area contributed by atoms with Gasteiger partial charge in [0.05, 0.1) is 19.0 Å². The van der Waals surface area contributed by atoms with Crippen LogP contribution in [0.1, 0.15) is 21.7 Å². The molecule has 1 amide bonds. The number of rotatable bonds is 5. The quantitative estimate of drug-likeness (QED) is 0.564. The molecule has 126 valence electrons. The molecular weight excluding hydrogens is 342 g/mol. The SMILES string of the molecule is O=C(N/N=C\c1ccco1)c1cccn(Cc2cccc(Cl)c2)c1=O. The number of aromatic nitrogens is 1. The molecule has 1 N–H and O–H groups in total. The highest BCUT2D eigenvalue weighted by Gasteiger charge is 2.11. The van der Waals surface area contributed by atoms with Crippen molar-refractivity contribution in [3.8, 4) is 0 Å². The first-order chi connectivity index (χ1) is 12.1. The van der Waals surface area contributed by atoms with Gasteiger partial charge in [0.2, 0.25) is 0 Å². The summed E-state index contributed by atoms with van der Waals surface area (Å²) in [5.74, 6) is -0.0972. The van der Waals surface area contributed by atoms with E-state index in [1.807, 2.05) is 12.1 Å². The Morgan fingerprint density at radius 1 is 1.24 bits per heavy atom. The molecule has 0 aliphatic carbocycles. The number of furan rings is 1. The Bertz CT molecular complexity index is 962. The Balaban J connectivity index is 1.76. The average Bonchev–Trinajstić information content (AvgIpc) is 3.10. The summed E-state index contributed by atoms with van der Waals surface area (Å²) in [7, 11) is 0. The number of pyridine rings is 1. The molecule has 3 aromatic rings. The molecule has 0 spiro atoms. The molecule has 0 atom stereocenters. The van der Waals surface area contributed by atoms with Crippen molar-refractivity contribution >= 4 is 23.7 Å². The molecular formula is C18H14ClN3O3. The summed E-state index contributed by atoms with van der Waals surface area (Å²) in [4.78, 5) is 24.7. The van der Waals surface area contributed by atoms with Gasteiger partial charge >= 0.3 is 0 Å². The lowest BCUT2D eigenvalue weighted by Crippen LogP contribution is -2.30. The Morgan fingerprint density at radius 3 is 2.88 bits per heavy atom. The second-order valence-electron chi connectivity index (χ2n) is 5.20. The van der Waals surface area contributed by atoms with Crippen molar-refractivity contribution in [2.24, 2.45) is 5.10 Å². The third kappa shape index (κ3) is 4.24. The molecule has 0 bridgehead atoms. The van der Waals surface area contributed by atoms with E-state index in [9.17, 15) is 9.59 Å². The van der Waals surface area contributed by atoms with E-state index in [1.165, 1.54) is 23.1 Å². The van der Waals surface area contributed by atoms with Crippen LogP contribution >= 0.6 is 11.6 Å². The normalized spacial score (nSPS) is 10.9. The molecule has 0 radical (unpaired) electrons. The predicted octanol–water partition coefficient (Wildman–Crippen LogP) is 2.91. The van der Waals surface area contributed by atoms with Gasteiger partial charge in [0.1, 0.15) is 11.3 Å². The topological polar surface area (TPSA) is 76.6 Å². The number of nitrogens with one attached hydrogen (secondary N) is 1. The maximum atomic E-state index is 12.5. The highest BCUT2D eigenvalue weighted by Crippen LogP contribution is 2.11. The van der Waals surface area contributed by atoms with Crippen LogP contribution in [0.4, 0.5) is 0 Å². The van der Waals surface area contributed by atoms with Crippen molar-refractivity contribution in [2.75, 3.05) is 0 Å². The Labute approximate surface area is 148 Å². The van der Waals surface area contributed by atoms with Crippen LogP contribution in [0.25, 0.3) is 0 Å². The highest BCUT2D eigenvalue weighted by molar-refractivity contribution is 6.30. The molecule has 25 heavy (non-hydrogen) atoms. The second kappa shape index (κ2) is 7.63. The smallest absolute Gasteiger partial charge is 0.276 e. The maximum Gasteiger partial charge on any atom is 0.276 e. The maximum absolute atomic E-state index is 12.5. The first-order valence-electron chi connectivity index (χ1n) is 7.44. The molecule has 1 aromatic carbocycles. The van der Waals surface area contributed by atoms with E-state index in [0.717, 1.165) is 5.56 Å². The zero-order valence-electron chi connectivity index (χ0n) is 13.1. The predicted molar refractivity (Wildman–Crippen MR) is 95.0 cm³/mol. The molecule has 0 aliphatic heterocycles. The molecule has 7 heteroatoms. The first kappa shape index (κ1) is 16.7. The van der Waals surface area contributed by atoms with Gasteiger partial charge in [-0.25, -0.2) is 5.43 Å². The summed E-state index contributed by atoms with van der Waals surface area (Å²) in [5, 5.41) is 4.36. The van der Waals surface area contributed by atoms with Crippen LogP contribution in [0.5, 0.6) is 0 Å². The van der Waals surface area contributed by atoms with Gasteiger partial charge in [-0.15, -0.1) is 0 Å². The number of amides is 1. The third-order valence-electron chi connectivity index (χ3n) is 3.41. The van der Waals surface area contributed by atoms with Gasteiger partial charge in [-0.2, -0.15) is 5.10 Å². The zero-order chi connectivity index (χ0) is 17.6. The van der Waals surface area contributed by atoms with Crippen LogP contribution in [0.3, 0.4) is 0 Å². The number of hydrogen-bond acceptors (Lipinski definition) is 4. The summed E-state index contributed by atoms with van der Waals surface area (Å²) in [6.07, 6.45) is 4.46. The number of nitrogens with zero attached hydrogens (tertiary/aromatic N) is 2. The van der Waals surface area contributed by atoms with E-state index in [2.05, 4.69) is 10.5 Å². The van der Waals surface area contributed by atoms with Crippen LogP contribution in [-0.4, -0.2) is 16.7 Å². The van der Waals surface area contributed by atoms with E-state index in [0.29, 0.717) is 17.3 Å². The lowest BCUT2D eigenvalue weighted by Gasteiger charge is -2.08. The minimum Gasteiger partial charge on any atom is -0.463 e. The monoisotopic (exact) mass is 355 g/mol. The average molecular weight is 356 g/mol. The van der Waals surface area contributed by atoms with E-state index in [1.54, 1.807) is 36.5 Å². The van der Waals surface area contributed by atoms with Gasteiger partial charge in [-0.05, 0) is 42.0 Å². The van der Waals surface area contributed by atoms with Crippen LogP contribution in [0.15, 0.2) is 75.3 Å². The van der Waals surface area contributed by atoms with Gasteiger partial charge in [-0.3, -0.25) is 9.59 Å². The fourth-order valence-corrected chi connectivity index (χ4v) is 2.46. The fourth-order valence-electron chi connectivity index (χ4n) is 2.25. The molecule has 0 saturated carbocycles. The van der Waals surface area contributed by atoms with E-state index >= 15 is 0 Å². The Hall–Kier alpha value is -3.12. The lowest BCUT2D eigenvalue weighted by molar-refractivity contribution is 0.0953. The van der Waals surface area contributed by atoms with Crippen molar-refractivity contribution in [1.82, 2.24) is 9.99 Å². The molecule has 0 saturated heterocycles. The largest absolute Gasteiger partial charge is 0.463 e. The van der Waals surface area contributed by atoms with Gasteiger partial charge in [0, 0.05) is 11.2 Å². The number of hydrazone groups is 1. The van der Waals surface area contributed by atoms with Crippen molar-refractivity contribution in [1.29, 1.82) is 0 Å². The first-order valence-corrected chi connectivity index (χ1v) is 7.82. The summed E-state index contributed by atoms with van der Waals surface area (Å²) < 4.78 is 6.50. The van der Waals surface area contributed by atoms with Gasteiger partial charge in [0.25, 0.3) is 11.5 Å². The van der Waals surface area contributed by atoms with Crippen molar-refractivity contribution in [3.63, 3.8) is 0 Å². The van der Waals surface area contributed by atoms with E-state index in [4.69, 9.17) is 16.0 Å². The summed E-state index contributed by atoms with van der Waals surface area (Å²) >= 11 is 5.96. The molecule has 2 aromatic heterocycles.